The van der Waals surface area contributed by atoms with Crippen LogP contribution in [0.1, 0.15) is 134 Å². The van der Waals surface area contributed by atoms with Gasteiger partial charge in [0.2, 0.25) is 0 Å². The van der Waals surface area contributed by atoms with Crippen molar-refractivity contribution in [2.24, 2.45) is 0 Å². The van der Waals surface area contributed by atoms with Crippen LogP contribution >= 0.6 is 0 Å². The van der Waals surface area contributed by atoms with Crippen LogP contribution in [0, 0.1) is 166 Å². The topological polar surface area (TPSA) is 90.2 Å². The van der Waals surface area contributed by atoms with Crippen molar-refractivity contribution in [2.45, 2.75) is 166 Å². The third kappa shape index (κ3) is 13.2. The summed E-state index contributed by atoms with van der Waals surface area (Å²) in [5.41, 5.74) is 47.7. The van der Waals surface area contributed by atoms with Crippen LogP contribution in [0.3, 0.4) is 0 Å². The Balaban J connectivity index is 0.000000195. The van der Waals surface area contributed by atoms with Gasteiger partial charge < -0.3 is 0 Å². The number of aromatic nitrogens is 7. The molecule has 7 heteroatoms. The number of aryl methyl sites for hydroxylation is 14. The molecule has 484 valence electrons. The van der Waals surface area contributed by atoms with Crippen molar-refractivity contribution in [3.8, 4) is 112 Å². The van der Waals surface area contributed by atoms with Gasteiger partial charge in [0.25, 0.3) is 0 Å². The van der Waals surface area contributed by atoms with Gasteiger partial charge in [-0.15, -0.1) is 0 Å². The maximum Gasteiger partial charge on any atom is 0.182 e. The van der Waals surface area contributed by atoms with Crippen LogP contribution in [-0.2, 0) is 0 Å². The first-order chi connectivity index (χ1) is 45.5. The quantitative estimate of drug-likeness (QED) is 0.135. The maximum absolute atomic E-state index is 5.18. The van der Waals surface area contributed by atoms with Crippen molar-refractivity contribution < 1.29 is 0 Å². The summed E-state index contributed by atoms with van der Waals surface area (Å²) in [4.78, 5) is 35.3. The van der Waals surface area contributed by atoms with Gasteiger partial charge in [-0.25, -0.2) is 24.9 Å². The predicted molar refractivity (Wildman–Crippen MR) is 405 cm³/mol. The molecule has 0 saturated heterocycles. The van der Waals surface area contributed by atoms with Gasteiger partial charge in [0.15, 0.2) is 17.5 Å². The Morgan fingerprint density at radius 3 is 0.667 bits per heavy atom. The van der Waals surface area contributed by atoms with Gasteiger partial charge in [0.1, 0.15) is 11.4 Å². The van der Waals surface area contributed by atoms with Gasteiger partial charge in [-0.1, -0.05) is 72.8 Å². The summed E-state index contributed by atoms with van der Waals surface area (Å²) in [5, 5.41) is 0. The van der Waals surface area contributed by atoms with Crippen LogP contribution in [0.4, 0.5) is 0 Å². The van der Waals surface area contributed by atoms with Crippen molar-refractivity contribution in [1.29, 1.82) is 0 Å². The molecular weight excluding hydrogens is 1170 g/mol. The lowest BCUT2D eigenvalue weighted by Gasteiger charge is -2.20. The van der Waals surface area contributed by atoms with E-state index in [1.54, 1.807) is 0 Å². The zero-order chi connectivity index (χ0) is 69.2. The molecule has 0 atom stereocenters. The van der Waals surface area contributed by atoms with E-state index in [1.165, 1.54) is 145 Å². The van der Waals surface area contributed by atoms with Crippen molar-refractivity contribution >= 4 is 0 Å². The monoisotopic (exact) mass is 1260 g/mol. The van der Waals surface area contributed by atoms with E-state index in [-0.39, 0.29) is 0 Å². The second-order valence-corrected chi connectivity index (χ2v) is 27.6. The number of rotatable bonds is 10. The second-order valence-electron chi connectivity index (χ2n) is 27.6. The molecule has 0 aliphatic rings. The van der Waals surface area contributed by atoms with Crippen LogP contribution in [-0.4, -0.2) is 34.9 Å². The summed E-state index contributed by atoms with van der Waals surface area (Å²) >= 11 is 0. The molecule has 0 saturated carbocycles. The van der Waals surface area contributed by atoms with Gasteiger partial charge in [-0.05, 0) is 399 Å². The molecule has 0 N–H and O–H groups in total. The molecule has 0 radical (unpaired) electrons. The van der Waals surface area contributed by atoms with Gasteiger partial charge in [0, 0.05) is 39.7 Å². The molecule has 7 aromatic carbocycles. The highest BCUT2D eigenvalue weighted by Crippen LogP contribution is 2.43. The molecule has 0 aliphatic carbocycles. The van der Waals surface area contributed by atoms with Crippen LogP contribution < -0.4 is 0 Å². The van der Waals surface area contributed by atoms with E-state index in [0.29, 0.717) is 17.5 Å². The molecule has 96 heavy (non-hydrogen) atoms. The first kappa shape index (κ1) is 67.6. The van der Waals surface area contributed by atoms with Gasteiger partial charge in [-0.3, -0.25) is 9.97 Å². The minimum Gasteiger partial charge on any atom is -0.258 e. The maximum atomic E-state index is 5.18. The molecule has 5 heterocycles. The van der Waals surface area contributed by atoms with Crippen LogP contribution in [0.5, 0.6) is 0 Å². The number of hydrogen-bond donors (Lipinski definition) is 0. The van der Waals surface area contributed by atoms with E-state index >= 15 is 0 Å². The summed E-state index contributed by atoms with van der Waals surface area (Å²) in [6, 6.07) is 47.9. The van der Waals surface area contributed by atoms with Gasteiger partial charge in [0.05, 0.1) is 0 Å². The second kappa shape index (κ2) is 26.7. The van der Waals surface area contributed by atoms with Gasteiger partial charge >= 0.3 is 0 Å². The van der Waals surface area contributed by atoms with Crippen LogP contribution in [0.25, 0.3) is 112 Å². The zero-order valence-corrected chi connectivity index (χ0v) is 61.3. The fourth-order valence-electron chi connectivity index (χ4n) is 13.3. The molecule has 12 rings (SSSR count). The van der Waals surface area contributed by atoms with E-state index in [2.05, 4.69) is 294 Å². The average Bonchev–Trinajstić information content (AvgIpc) is 0.767. The Labute approximate surface area is 571 Å². The highest BCUT2D eigenvalue weighted by Gasteiger charge is 2.24. The normalized spacial score (nSPS) is 11.3. The van der Waals surface area contributed by atoms with Crippen molar-refractivity contribution in [3.63, 3.8) is 0 Å². The molecule has 12 aromatic rings. The summed E-state index contributed by atoms with van der Waals surface area (Å²) in [7, 11) is 0. The summed E-state index contributed by atoms with van der Waals surface area (Å²) in [6.07, 6.45) is 0. The van der Waals surface area contributed by atoms with E-state index in [9.17, 15) is 0 Å². The Morgan fingerprint density at radius 1 is 0.156 bits per heavy atom. The number of hydrogen-bond acceptors (Lipinski definition) is 7. The van der Waals surface area contributed by atoms with Crippen molar-refractivity contribution in [3.05, 3.63) is 262 Å². The molecular formula is C89H93N7. The highest BCUT2D eigenvalue weighted by molar-refractivity contribution is 5.89. The molecule has 7 nitrogen and oxygen atoms in total. The van der Waals surface area contributed by atoms with E-state index in [1.807, 2.05) is 0 Å². The van der Waals surface area contributed by atoms with Crippen LogP contribution in [0.2, 0.25) is 0 Å². The van der Waals surface area contributed by atoms with Crippen LogP contribution in [0.15, 0.2) is 127 Å². The SMILES string of the molecule is Cc1ccc(-c2cc(-c3cc(-c4c(C)c(C)nc(C)c4C)cc(-c4c(C)c(C)nc(C)c4C)c3)cc(-c3ccc(C)c(C)c3)c2)cc1C.Cc1ccc(-c2cc(-c3ccc(C)c(C)c3)cc(-c3nc(-c4nc(C)c(C)c(C)c4C)nc(-c4nc(C)c(C)c(C)c4C)n3)c2)cc1C. The molecule has 0 bridgehead atoms. The molecule has 0 amide bonds. The minimum atomic E-state index is 0.556. The lowest BCUT2D eigenvalue weighted by atomic mass is 9.85. The number of nitrogens with zero attached hydrogens (tertiary/aromatic N) is 7. The fraction of sp³-hybridized carbons (Fsp3) is 0.270. The molecule has 0 fully saturated rings. The van der Waals surface area contributed by atoms with Gasteiger partial charge in [-0.2, -0.15) is 0 Å². The first-order valence-corrected chi connectivity index (χ1v) is 33.8. The summed E-state index contributed by atoms with van der Waals surface area (Å²) < 4.78 is 0. The Bertz CT molecular complexity index is 4800. The number of benzene rings is 7. The van der Waals surface area contributed by atoms with E-state index in [0.717, 1.165) is 84.5 Å². The minimum absolute atomic E-state index is 0.556. The summed E-state index contributed by atoms with van der Waals surface area (Å²) in [5.74, 6) is 1.71. The average molecular weight is 1260 g/mol. The molecule has 0 aliphatic heterocycles. The van der Waals surface area contributed by atoms with E-state index < -0.39 is 0 Å². The first-order valence-electron chi connectivity index (χ1n) is 33.8. The third-order valence-corrected chi connectivity index (χ3v) is 21.3. The lowest BCUT2D eigenvalue weighted by molar-refractivity contribution is 1.00. The number of pyridine rings is 4. The summed E-state index contributed by atoms with van der Waals surface area (Å²) in [6.45, 7) is 51.6. The lowest BCUT2D eigenvalue weighted by Crippen LogP contribution is -2.08. The zero-order valence-electron chi connectivity index (χ0n) is 61.3. The van der Waals surface area contributed by atoms with Crippen molar-refractivity contribution in [1.82, 2.24) is 34.9 Å². The molecule has 0 unspecified atom stereocenters. The van der Waals surface area contributed by atoms with Crippen molar-refractivity contribution in [2.75, 3.05) is 0 Å². The van der Waals surface area contributed by atoms with E-state index in [4.69, 9.17) is 34.9 Å². The Kier molecular flexibility index (Phi) is 18.8. The largest absolute Gasteiger partial charge is 0.258 e. The Morgan fingerprint density at radius 2 is 0.385 bits per heavy atom. The predicted octanol–water partition coefficient (Wildman–Crippen LogP) is 23.2. The highest BCUT2D eigenvalue weighted by atomic mass is 15.1. The fourth-order valence-corrected chi connectivity index (χ4v) is 13.3. The third-order valence-electron chi connectivity index (χ3n) is 21.3. The molecule has 5 aromatic heterocycles. The Hall–Kier alpha value is -9.85. The molecule has 0 spiro atoms. The standard InChI is InChI=1S/C46H48N2.C43H45N5/c1-25-13-15-37(17-27(25)3)39-19-40(38-16-14-26(2)28(4)18-38)21-41(20-39)42-22-43(45-29(5)33(9)47-34(10)30(45)6)24-44(23-42)46-31(7)35(11)48-36(12)32(46)8;1-22-13-15-34(17-24(22)3)36-19-37(35-16-14-23(2)25(4)18-35)21-38(20-36)41-46-42(39-30(9)26(5)28(7)32(11)44-39)48-43(47-41)40-31(10)27(6)29(8)33(12)45-40/h13-24H,1-12H3;13-21H,1-12H3. The smallest absolute Gasteiger partial charge is 0.182 e.